The number of nitrogens with zero attached hydrogens (tertiary/aromatic N) is 1. The molecule has 0 spiro atoms. The number of nitriles is 1. The number of rotatable bonds is 5. The maximum Gasteiger partial charge on any atom is 0.185 e. The molecule has 22 heavy (non-hydrogen) atoms. The first-order valence-electron chi connectivity index (χ1n) is 7.08. The number of benzene rings is 2. The van der Waals surface area contributed by atoms with Crippen LogP contribution < -0.4 is 4.74 Å². The Hall–Kier alpha value is -2.86. The molecule has 0 saturated carbocycles. The van der Waals surface area contributed by atoms with Gasteiger partial charge < -0.3 is 4.74 Å². The summed E-state index contributed by atoms with van der Waals surface area (Å²) in [5.74, 6) is 0.663. The molecule has 0 aromatic heterocycles. The molecule has 2 aromatic carbocycles. The van der Waals surface area contributed by atoms with E-state index in [9.17, 15) is 4.79 Å². The maximum absolute atomic E-state index is 12.1. The van der Waals surface area contributed by atoms with Gasteiger partial charge >= 0.3 is 0 Å². The first kappa shape index (κ1) is 15.5. The fourth-order valence-electron chi connectivity index (χ4n) is 1.95. The summed E-state index contributed by atoms with van der Waals surface area (Å²) in [6.45, 7) is 3.91. The van der Waals surface area contributed by atoms with Crippen molar-refractivity contribution < 1.29 is 9.53 Å². The van der Waals surface area contributed by atoms with Crippen LogP contribution in [-0.4, -0.2) is 11.9 Å². The molecule has 0 atom stereocenters. The number of carbonyl (C=O) groups is 1. The van der Waals surface area contributed by atoms with Gasteiger partial charge in [-0.25, -0.2) is 0 Å². The highest BCUT2D eigenvalue weighted by atomic mass is 16.5. The second-order valence-corrected chi connectivity index (χ2v) is 5.13. The normalized spacial score (nSPS) is 10.6. The highest BCUT2D eigenvalue weighted by molar-refractivity contribution is 6.06. The molecule has 110 valence electrons. The quantitative estimate of drug-likeness (QED) is 0.611. The molecule has 0 amide bonds. The Labute approximate surface area is 130 Å². The summed E-state index contributed by atoms with van der Waals surface area (Å²) in [6, 6.07) is 16.3. The van der Waals surface area contributed by atoms with E-state index in [-0.39, 0.29) is 11.9 Å². The van der Waals surface area contributed by atoms with E-state index < -0.39 is 0 Å². The SMILES string of the molecule is CC(C)Oc1ccc(C(=O)C=Cc2cccc(C#N)c2)cc1. The molecule has 0 saturated heterocycles. The summed E-state index contributed by atoms with van der Waals surface area (Å²) in [5.41, 5.74) is 2.00. The highest BCUT2D eigenvalue weighted by Gasteiger charge is 2.03. The van der Waals surface area contributed by atoms with Crippen LogP contribution in [0.3, 0.4) is 0 Å². The summed E-state index contributed by atoms with van der Waals surface area (Å²) in [6.07, 6.45) is 3.32. The van der Waals surface area contributed by atoms with Gasteiger partial charge in [-0.1, -0.05) is 18.2 Å². The van der Waals surface area contributed by atoms with E-state index >= 15 is 0 Å². The number of hydrogen-bond acceptors (Lipinski definition) is 3. The maximum atomic E-state index is 12.1. The Bertz CT molecular complexity index is 722. The minimum Gasteiger partial charge on any atom is -0.491 e. The Morgan fingerprint density at radius 1 is 1.18 bits per heavy atom. The van der Waals surface area contributed by atoms with Crippen molar-refractivity contribution in [1.82, 2.24) is 0 Å². The van der Waals surface area contributed by atoms with Crippen LogP contribution >= 0.6 is 0 Å². The number of hydrogen-bond donors (Lipinski definition) is 0. The monoisotopic (exact) mass is 291 g/mol. The average Bonchev–Trinajstić information content (AvgIpc) is 2.53. The van der Waals surface area contributed by atoms with Crippen molar-refractivity contribution in [2.24, 2.45) is 0 Å². The Kier molecular flexibility index (Phi) is 5.11. The van der Waals surface area contributed by atoms with Crippen LogP contribution in [0.4, 0.5) is 0 Å². The van der Waals surface area contributed by atoms with E-state index in [4.69, 9.17) is 10.00 Å². The van der Waals surface area contributed by atoms with E-state index in [0.717, 1.165) is 11.3 Å². The van der Waals surface area contributed by atoms with Crippen molar-refractivity contribution in [3.05, 3.63) is 71.3 Å². The predicted octanol–water partition coefficient (Wildman–Crippen LogP) is 4.24. The fourth-order valence-corrected chi connectivity index (χ4v) is 1.95. The number of ketones is 1. The molecule has 0 N–H and O–H groups in total. The van der Waals surface area contributed by atoms with Crippen molar-refractivity contribution in [1.29, 1.82) is 5.26 Å². The number of carbonyl (C=O) groups excluding carboxylic acids is 1. The third-order valence-electron chi connectivity index (χ3n) is 2.95. The lowest BCUT2D eigenvalue weighted by atomic mass is 10.1. The predicted molar refractivity (Wildman–Crippen MR) is 86.7 cm³/mol. The molecular formula is C19H17NO2. The van der Waals surface area contributed by atoms with Crippen LogP contribution in [0.1, 0.15) is 35.3 Å². The van der Waals surface area contributed by atoms with Gasteiger partial charge in [-0.15, -0.1) is 0 Å². The molecule has 0 aliphatic rings. The van der Waals surface area contributed by atoms with Gasteiger partial charge in [0, 0.05) is 5.56 Å². The number of ether oxygens (including phenoxy) is 1. The molecule has 3 heteroatoms. The lowest BCUT2D eigenvalue weighted by Crippen LogP contribution is -2.05. The summed E-state index contributed by atoms with van der Waals surface area (Å²) in [4.78, 5) is 12.1. The second kappa shape index (κ2) is 7.24. The van der Waals surface area contributed by atoms with Crippen molar-refractivity contribution in [2.45, 2.75) is 20.0 Å². The van der Waals surface area contributed by atoms with Crippen LogP contribution in [0.2, 0.25) is 0 Å². The summed E-state index contributed by atoms with van der Waals surface area (Å²) in [5, 5.41) is 8.85. The first-order valence-corrected chi connectivity index (χ1v) is 7.08. The van der Waals surface area contributed by atoms with Crippen LogP contribution in [0.15, 0.2) is 54.6 Å². The van der Waals surface area contributed by atoms with E-state index in [1.807, 2.05) is 19.9 Å². The molecule has 0 aliphatic heterocycles. The smallest absolute Gasteiger partial charge is 0.185 e. The Morgan fingerprint density at radius 2 is 1.91 bits per heavy atom. The fraction of sp³-hybridized carbons (Fsp3) is 0.158. The molecule has 0 bridgehead atoms. The van der Waals surface area contributed by atoms with Crippen molar-refractivity contribution in [3.63, 3.8) is 0 Å². The Balaban J connectivity index is 2.08. The highest BCUT2D eigenvalue weighted by Crippen LogP contribution is 2.15. The molecular weight excluding hydrogens is 274 g/mol. The van der Waals surface area contributed by atoms with Crippen LogP contribution in [0.5, 0.6) is 5.75 Å². The van der Waals surface area contributed by atoms with Crippen LogP contribution in [0, 0.1) is 11.3 Å². The zero-order valence-corrected chi connectivity index (χ0v) is 12.6. The standard InChI is InChI=1S/C19H17NO2/c1-14(2)22-18-9-7-17(8-10-18)19(21)11-6-15-4-3-5-16(12-15)13-20/h3-12,14H,1-2H3. The van der Waals surface area contributed by atoms with Gasteiger partial charge in [0.15, 0.2) is 5.78 Å². The van der Waals surface area contributed by atoms with Crippen molar-refractivity contribution >= 4 is 11.9 Å². The third-order valence-corrected chi connectivity index (χ3v) is 2.95. The van der Waals surface area contributed by atoms with Gasteiger partial charge in [-0.3, -0.25) is 4.79 Å². The van der Waals surface area contributed by atoms with Crippen molar-refractivity contribution in [2.75, 3.05) is 0 Å². The van der Waals surface area contributed by atoms with E-state index in [2.05, 4.69) is 6.07 Å². The zero-order valence-electron chi connectivity index (χ0n) is 12.6. The molecule has 2 rings (SSSR count). The van der Waals surface area contributed by atoms with Crippen LogP contribution in [-0.2, 0) is 0 Å². The lowest BCUT2D eigenvalue weighted by Gasteiger charge is -2.09. The summed E-state index contributed by atoms with van der Waals surface area (Å²) >= 11 is 0. The molecule has 0 heterocycles. The van der Waals surface area contributed by atoms with Crippen molar-refractivity contribution in [3.8, 4) is 11.8 Å². The van der Waals surface area contributed by atoms with E-state index in [0.29, 0.717) is 11.1 Å². The zero-order chi connectivity index (χ0) is 15.9. The Morgan fingerprint density at radius 3 is 2.55 bits per heavy atom. The van der Waals surface area contributed by atoms with Crippen LogP contribution in [0.25, 0.3) is 6.08 Å². The van der Waals surface area contributed by atoms with Gasteiger partial charge in [0.2, 0.25) is 0 Å². The minimum atomic E-state index is -0.0848. The molecule has 0 fully saturated rings. The van der Waals surface area contributed by atoms with E-state index in [1.165, 1.54) is 6.08 Å². The van der Waals surface area contributed by atoms with Gasteiger partial charge in [0.25, 0.3) is 0 Å². The molecule has 0 aliphatic carbocycles. The number of allylic oxidation sites excluding steroid dienone is 1. The minimum absolute atomic E-state index is 0.0848. The first-order chi connectivity index (χ1) is 10.6. The third kappa shape index (κ3) is 4.32. The molecule has 3 nitrogen and oxygen atoms in total. The van der Waals surface area contributed by atoms with E-state index in [1.54, 1.807) is 48.5 Å². The summed E-state index contributed by atoms with van der Waals surface area (Å²) in [7, 11) is 0. The topological polar surface area (TPSA) is 50.1 Å². The summed E-state index contributed by atoms with van der Waals surface area (Å²) < 4.78 is 5.54. The average molecular weight is 291 g/mol. The molecule has 2 aromatic rings. The molecule has 0 radical (unpaired) electrons. The lowest BCUT2D eigenvalue weighted by molar-refractivity contribution is 0.104. The molecule has 0 unspecified atom stereocenters. The van der Waals surface area contributed by atoms with Gasteiger partial charge in [-0.05, 0) is 61.9 Å². The second-order valence-electron chi connectivity index (χ2n) is 5.13. The van der Waals surface area contributed by atoms with Gasteiger partial charge in [0.05, 0.1) is 17.7 Å². The largest absolute Gasteiger partial charge is 0.491 e. The van der Waals surface area contributed by atoms with Gasteiger partial charge in [-0.2, -0.15) is 5.26 Å². The van der Waals surface area contributed by atoms with Gasteiger partial charge in [0.1, 0.15) is 5.75 Å².